The molecule has 0 aliphatic rings. The summed E-state index contributed by atoms with van der Waals surface area (Å²) >= 11 is 24.6. The topological polar surface area (TPSA) is 94.8 Å². The fourth-order valence-corrected chi connectivity index (χ4v) is 5.55. The van der Waals surface area contributed by atoms with Crippen molar-refractivity contribution in [2.45, 2.75) is 4.75 Å². The number of hydrogen-bond acceptors (Lipinski definition) is 4. The van der Waals surface area contributed by atoms with Crippen molar-refractivity contribution in [1.29, 1.82) is 0 Å². The zero-order valence-corrected chi connectivity index (χ0v) is 18.1. The van der Waals surface area contributed by atoms with E-state index in [0.717, 1.165) is 12.1 Å². The standard InChI is InChI=1S/C19H12Cl4O5S/c20-12-6-7-13(21)17(22)16(12)19(29(26,27)28,10-4-2-1-3-5-10)11-8-14(24)18(23)15(25)9-11/h1-9,24-25H,(H,26,27,28). The first kappa shape index (κ1) is 22.0. The Morgan fingerprint density at radius 3 is 1.76 bits per heavy atom. The largest absolute Gasteiger partial charge is 0.506 e. The predicted octanol–water partition coefficient (Wildman–Crippen LogP) is 5.89. The maximum absolute atomic E-state index is 13.0. The maximum atomic E-state index is 13.0. The number of phenols is 2. The molecule has 0 saturated carbocycles. The SMILES string of the molecule is O=S(=O)(O)C(c1ccccc1)(c1cc(O)c(Cl)c(O)c1)c1c(Cl)ccc(Cl)c1Cl. The van der Waals surface area contributed by atoms with Crippen molar-refractivity contribution in [1.82, 2.24) is 0 Å². The Morgan fingerprint density at radius 2 is 1.24 bits per heavy atom. The highest BCUT2D eigenvalue weighted by Crippen LogP contribution is 2.52. The Bertz CT molecular complexity index is 1180. The lowest BCUT2D eigenvalue weighted by atomic mass is 9.83. The molecule has 0 aliphatic heterocycles. The van der Waals surface area contributed by atoms with Crippen LogP contribution in [0, 0.1) is 0 Å². The Labute approximate surface area is 186 Å². The van der Waals surface area contributed by atoms with Crippen molar-refractivity contribution < 1.29 is 23.2 Å². The van der Waals surface area contributed by atoms with E-state index in [-0.39, 0.29) is 31.8 Å². The Balaban J connectivity index is 2.64. The molecule has 3 aromatic carbocycles. The molecule has 0 saturated heterocycles. The van der Waals surface area contributed by atoms with Crippen molar-refractivity contribution in [3.8, 4) is 11.5 Å². The summed E-state index contributed by atoms with van der Waals surface area (Å²) < 4.78 is 34.0. The predicted molar refractivity (Wildman–Crippen MR) is 114 cm³/mol. The Hall–Kier alpha value is -1.67. The number of benzene rings is 3. The molecule has 1 atom stereocenters. The van der Waals surface area contributed by atoms with Gasteiger partial charge in [-0.15, -0.1) is 0 Å². The number of rotatable bonds is 4. The summed E-state index contributed by atoms with van der Waals surface area (Å²) in [6.45, 7) is 0. The van der Waals surface area contributed by atoms with Crippen molar-refractivity contribution in [3.63, 3.8) is 0 Å². The molecule has 0 aromatic heterocycles. The Kier molecular flexibility index (Phi) is 5.98. The van der Waals surface area contributed by atoms with Crippen molar-refractivity contribution in [2.75, 3.05) is 0 Å². The van der Waals surface area contributed by atoms with E-state index in [0.29, 0.717) is 0 Å². The third-order valence-electron chi connectivity index (χ3n) is 4.40. The van der Waals surface area contributed by atoms with Crippen LogP contribution in [0.1, 0.15) is 16.7 Å². The number of halogens is 4. The summed E-state index contributed by atoms with van der Waals surface area (Å²) in [6.07, 6.45) is 0. The lowest BCUT2D eigenvalue weighted by molar-refractivity contribution is 0.444. The summed E-state index contributed by atoms with van der Waals surface area (Å²) in [5.74, 6) is -1.22. The molecule has 29 heavy (non-hydrogen) atoms. The van der Waals surface area contributed by atoms with E-state index in [4.69, 9.17) is 46.4 Å². The van der Waals surface area contributed by atoms with Crippen LogP contribution in [-0.2, 0) is 14.9 Å². The zero-order valence-electron chi connectivity index (χ0n) is 14.3. The van der Waals surface area contributed by atoms with Gasteiger partial charge < -0.3 is 10.2 Å². The first-order valence-electron chi connectivity index (χ1n) is 7.90. The minimum absolute atomic E-state index is 0.0163. The van der Waals surface area contributed by atoms with E-state index < -0.39 is 31.4 Å². The van der Waals surface area contributed by atoms with Crippen molar-refractivity contribution in [2.24, 2.45) is 0 Å². The van der Waals surface area contributed by atoms with Crippen LogP contribution < -0.4 is 0 Å². The van der Waals surface area contributed by atoms with Gasteiger partial charge in [0.25, 0.3) is 10.1 Å². The summed E-state index contributed by atoms with van der Waals surface area (Å²) in [4.78, 5) is 0. The van der Waals surface area contributed by atoms with Crippen molar-refractivity contribution >= 4 is 56.5 Å². The maximum Gasteiger partial charge on any atom is 0.283 e. The number of aromatic hydroxyl groups is 2. The molecule has 3 rings (SSSR count). The fraction of sp³-hybridized carbons (Fsp3) is 0.0526. The highest BCUT2D eigenvalue weighted by Gasteiger charge is 2.51. The second kappa shape index (κ2) is 7.87. The first-order chi connectivity index (χ1) is 13.5. The van der Waals surface area contributed by atoms with E-state index in [1.54, 1.807) is 6.07 Å². The van der Waals surface area contributed by atoms with Gasteiger partial charge in [0.1, 0.15) is 16.5 Å². The molecule has 0 radical (unpaired) electrons. The normalized spacial score (nSPS) is 13.8. The van der Waals surface area contributed by atoms with Gasteiger partial charge in [-0.05, 0) is 35.4 Å². The van der Waals surface area contributed by atoms with Crippen LogP contribution >= 0.6 is 46.4 Å². The molecule has 0 amide bonds. The molecule has 3 aromatic rings. The third kappa shape index (κ3) is 3.54. The molecule has 152 valence electrons. The van der Waals surface area contributed by atoms with Gasteiger partial charge in [-0.25, -0.2) is 0 Å². The molecule has 10 heteroatoms. The van der Waals surface area contributed by atoms with Crippen LogP contribution in [0.2, 0.25) is 20.1 Å². The summed E-state index contributed by atoms with van der Waals surface area (Å²) in [7, 11) is -5.09. The molecule has 0 heterocycles. The summed E-state index contributed by atoms with van der Waals surface area (Å²) in [5, 5.41) is 19.5. The van der Waals surface area contributed by atoms with Crippen LogP contribution in [0.15, 0.2) is 54.6 Å². The highest BCUT2D eigenvalue weighted by atomic mass is 35.5. The van der Waals surface area contributed by atoms with Crippen LogP contribution in [0.3, 0.4) is 0 Å². The minimum atomic E-state index is -5.09. The van der Waals surface area contributed by atoms with Gasteiger partial charge in [0.2, 0.25) is 0 Å². The highest BCUT2D eigenvalue weighted by molar-refractivity contribution is 7.87. The van der Waals surface area contributed by atoms with Gasteiger partial charge in [0.05, 0.1) is 10.0 Å². The third-order valence-corrected chi connectivity index (χ3v) is 7.36. The summed E-state index contributed by atoms with van der Waals surface area (Å²) in [5.41, 5.74) is -0.463. The van der Waals surface area contributed by atoms with E-state index >= 15 is 0 Å². The lowest BCUT2D eigenvalue weighted by Crippen LogP contribution is -2.39. The zero-order chi connectivity index (χ0) is 21.6. The van der Waals surface area contributed by atoms with Crippen LogP contribution in [-0.4, -0.2) is 23.2 Å². The minimum Gasteiger partial charge on any atom is -0.506 e. The monoisotopic (exact) mass is 492 g/mol. The average Bonchev–Trinajstić information content (AvgIpc) is 2.65. The molecule has 1 unspecified atom stereocenters. The molecule has 0 spiro atoms. The van der Waals surface area contributed by atoms with Crippen LogP contribution in [0.5, 0.6) is 11.5 Å². The first-order valence-corrected chi connectivity index (χ1v) is 10.9. The van der Waals surface area contributed by atoms with Crippen LogP contribution in [0.25, 0.3) is 0 Å². The second-order valence-electron chi connectivity index (χ2n) is 6.07. The quantitative estimate of drug-likeness (QED) is 0.239. The summed E-state index contributed by atoms with van der Waals surface area (Å²) in [6, 6.07) is 12.2. The average molecular weight is 494 g/mol. The van der Waals surface area contributed by atoms with Gasteiger partial charge in [-0.2, -0.15) is 8.42 Å². The van der Waals surface area contributed by atoms with Crippen LogP contribution in [0.4, 0.5) is 0 Å². The molecule has 0 bridgehead atoms. The van der Waals surface area contributed by atoms with Gasteiger partial charge in [-0.1, -0.05) is 76.7 Å². The fourth-order valence-electron chi connectivity index (χ4n) is 3.20. The second-order valence-corrected chi connectivity index (χ2v) is 9.20. The van der Waals surface area contributed by atoms with E-state index in [9.17, 15) is 23.2 Å². The van der Waals surface area contributed by atoms with Crippen molar-refractivity contribution in [3.05, 3.63) is 91.4 Å². The molecule has 0 fully saturated rings. The smallest absolute Gasteiger partial charge is 0.283 e. The van der Waals surface area contributed by atoms with Gasteiger partial charge in [0, 0.05) is 10.6 Å². The molecular formula is C19H12Cl4O5S. The molecule has 5 nitrogen and oxygen atoms in total. The number of phenolic OH excluding ortho intramolecular Hbond substituents is 2. The molecule has 3 N–H and O–H groups in total. The Morgan fingerprint density at radius 1 is 0.724 bits per heavy atom. The van der Waals surface area contributed by atoms with E-state index in [2.05, 4.69) is 0 Å². The molecular weight excluding hydrogens is 482 g/mol. The molecule has 0 aliphatic carbocycles. The number of hydrogen-bond donors (Lipinski definition) is 3. The lowest BCUT2D eigenvalue weighted by Gasteiger charge is -2.34. The van der Waals surface area contributed by atoms with E-state index in [1.165, 1.54) is 36.4 Å². The van der Waals surface area contributed by atoms with E-state index in [1.807, 2.05) is 0 Å². The van der Waals surface area contributed by atoms with Gasteiger partial charge in [-0.3, -0.25) is 4.55 Å². The van der Waals surface area contributed by atoms with Gasteiger partial charge >= 0.3 is 0 Å². The van der Waals surface area contributed by atoms with Gasteiger partial charge in [0.15, 0.2) is 4.75 Å².